The minimum absolute atomic E-state index is 0.0397. The number of rotatable bonds is 3. The fourth-order valence-electron chi connectivity index (χ4n) is 1.35. The van der Waals surface area contributed by atoms with Crippen LogP contribution in [0.25, 0.3) is 0 Å². The van der Waals surface area contributed by atoms with Gasteiger partial charge in [0.05, 0.1) is 6.42 Å². The molecule has 0 spiro atoms. The molecule has 1 aromatic rings. The minimum atomic E-state index is -0.779. The lowest BCUT2D eigenvalue weighted by Crippen LogP contribution is -2.19. The summed E-state index contributed by atoms with van der Waals surface area (Å²) in [6.07, 6.45) is 3.67. The van der Waals surface area contributed by atoms with Crippen molar-refractivity contribution in [3.05, 3.63) is 18.2 Å². The molecule has 0 amide bonds. The number of nitrogens with zero attached hydrogens (tertiary/aromatic N) is 2. The Kier molecular flexibility index (Phi) is 2.93. The molecule has 4 heteroatoms. The van der Waals surface area contributed by atoms with Gasteiger partial charge in [-0.2, -0.15) is 0 Å². The van der Waals surface area contributed by atoms with Gasteiger partial charge in [-0.15, -0.1) is 0 Å². The second kappa shape index (κ2) is 3.82. The summed E-state index contributed by atoms with van der Waals surface area (Å²) in [5.41, 5.74) is -0.0397. The molecule has 0 aromatic carbocycles. The van der Waals surface area contributed by atoms with Gasteiger partial charge in [-0.3, -0.25) is 4.79 Å². The fraction of sp³-hybridized carbons (Fsp3) is 0.600. The van der Waals surface area contributed by atoms with E-state index in [0.29, 0.717) is 6.54 Å². The molecule has 1 heterocycles. The maximum atomic E-state index is 10.4. The second-order valence-electron chi connectivity index (χ2n) is 4.34. The molecular formula is C10H16N2O2. The smallest absolute Gasteiger partial charge is 0.305 e. The lowest BCUT2D eigenvalue weighted by atomic mass is 9.95. The Morgan fingerprint density at radius 2 is 2.21 bits per heavy atom. The van der Waals surface area contributed by atoms with E-state index < -0.39 is 5.97 Å². The molecule has 0 fully saturated rings. The van der Waals surface area contributed by atoms with Crippen LogP contribution in [0.5, 0.6) is 0 Å². The maximum Gasteiger partial charge on any atom is 0.305 e. The first kappa shape index (κ1) is 10.8. The van der Waals surface area contributed by atoms with Crippen molar-refractivity contribution in [2.45, 2.75) is 39.2 Å². The van der Waals surface area contributed by atoms with Crippen LogP contribution in [0.15, 0.2) is 12.4 Å². The zero-order valence-corrected chi connectivity index (χ0v) is 8.82. The van der Waals surface area contributed by atoms with Gasteiger partial charge in [0.2, 0.25) is 0 Å². The average molecular weight is 196 g/mol. The van der Waals surface area contributed by atoms with Gasteiger partial charge in [-0.05, 0) is 0 Å². The molecule has 78 valence electrons. The van der Waals surface area contributed by atoms with E-state index in [2.05, 4.69) is 25.8 Å². The lowest BCUT2D eigenvalue weighted by molar-refractivity contribution is -0.137. The van der Waals surface area contributed by atoms with Gasteiger partial charge in [0.15, 0.2) is 0 Å². The van der Waals surface area contributed by atoms with Gasteiger partial charge in [0.1, 0.15) is 5.82 Å². The third-order valence-corrected chi connectivity index (χ3v) is 1.95. The van der Waals surface area contributed by atoms with Gasteiger partial charge >= 0.3 is 5.97 Å². The highest BCUT2D eigenvalue weighted by Gasteiger charge is 2.19. The van der Waals surface area contributed by atoms with E-state index in [-0.39, 0.29) is 11.8 Å². The SMILES string of the molecule is CC(C)(C)c1nccn1CCC(=O)O. The number of imidazole rings is 1. The predicted octanol–water partition coefficient (Wildman–Crippen LogP) is 1.66. The van der Waals surface area contributed by atoms with Crippen molar-refractivity contribution in [1.82, 2.24) is 9.55 Å². The van der Waals surface area contributed by atoms with Gasteiger partial charge in [0.25, 0.3) is 0 Å². The predicted molar refractivity (Wildman–Crippen MR) is 53.2 cm³/mol. The Labute approximate surface area is 83.6 Å². The average Bonchev–Trinajstić information content (AvgIpc) is 2.46. The summed E-state index contributed by atoms with van der Waals surface area (Å²) in [4.78, 5) is 14.7. The molecule has 1 aromatic heterocycles. The monoisotopic (exact) mass is 196 g/mol. The number of carbonyl (C=O) groups is 1. The maximum absolute atomic E-state index is 10.4. The van der Waals surface area contributed by atoms with E-state index in [0.717, 1.165) is 5.82 Å². The summed E-state index contributed by atoms with van der Waals surface area (Å²) < 4.78 is 1.90. The van der Waals surface area contributed by atoms with Crippen LogP contribution in [0.1, 0.15) is 33.0 Å². The Morgan fingerprint density at radius 1 is 1.57 bits per heavy atom. The van der Waals surface area contributed by atoms with Crippen LogP contribution in [-0.4, -0.2) is 20.6 Å². The van der Waals surface area contributed by atoms with E-state index in [1.165, 1.54) is 0 Å². The number of carboxylic acids is 1. The van der Waals surface area contributed by atoms with E-state index in [1.54, 1.807) is 6.20 Å². The van der Waals surface area contributed by atoms with Crippen molar-refractivity contribution in [2.75, 3.05) is 0 Å². The van der Waals surface area contributed by atoms with Crippen LogP contribution < -0.4 is 0 Å². The third-order valence-electron chi connectivity index (χ3n) is 1.95. The van der Waals surface area contributed by atoms with Crippen molar-refractivity contribution >= 4 is 5.97 Å². The number of hydrogen-bond acceptors (Lipinski definition) is 2. The molecule has 0 bridgehead atoms. The van der Waals surface area contributed by atoms with Crippen molar-refractivity contribution in [1.29, 1.82) is 0 Å². The number of aryl methyl sites for hydroxylation is 1. The van der Waals surface area contributed by atoms with E-state index in [4.69, 9.17) is 5.11 Å². The standard InChI is InChI=1S/C10H16N2O2/c1-10(2,3)9-11-5-7-12(9)6-4-8(13)14/h5,7H,4,6H2,1-3H3,(H,13,14). The van der Waals surface area contributed by atoms with Crippen LogP contribution in [0.2, 0.25) is 0 Å². The Balaban J connectivity index is 2.78. The molecule has 0 aliphatic heterocycles. The van der Waals surface area contributed by atoms with Gasteiger partial charge in [-0.25, -0.2) is 4.98 Å². The quantitative estimate of drug-likeness (QED) is 0.799. The van der Waals surface area contributed by atoms with Gasteiger partial charge in [0, 0.05) is 24.4 Å². The highest BCUT2D eigenvalue weighted by atomic mass is 16.4. The fourth-order valence-corrected chi connectivity index (χ4v) is 1.35. The molecule has 1 rings (SSSR count). The highest BCUT2D eigenvalue weighted by molar-refractivity contribution is 5.66. The Bertz CT molecular complexity index is 323. The first-order valence-corrected chi connectivity index (χ1v) is 4.64. The van der Waals surface area contributed by atoms with Crippen LogP contribution >= 0.6 is 0 Å². The largest absolute Gasteiger partial charge is 0.481 e. The van der Waals surface area contributed by atoms with Gasteiger partial charge < -0.3 is 9.67 Å². The van der Waals surface area contributed by atoms with Crippen LogP contribution in [0.3, 0.4) is 0 Å². The number of aromatic nitrogens is 2. The third kappa shape index (κ3) is 2.58. The second-order valence-corrected chi connectivity index (χ2v) is 4.34. The Hall–Kier alpha value is -1.32. The van der Waals surface area contributed by atoms with Crippen molar-refractivity contribution in [3.8, 4) is 0 Å². The number of aliphatic carboxylic acids is 1. The van der Waals surface area contributed by atoms with E-state index in [9.17, 15) is 4.79 Å². The summed E-state index contributed by atoms with van der Waals surface area (Å²) >= 11 is 0. The summed E-state index contributed by atoms with van der Waals surface area (Å²) in [6.45, 7) is 6.67. The summed E-state index contributed by atoms with van der Waals surface area (Å²) in [7, 11) is 0. The van der Waals surface area contributed by atoms with Crippen molar-refractivity contribution in [3.63, 3.8) is 0 Å². The zero-order valence-electron chi connectivity index (χ0n) is 8.82. The number of carboxylic acid groups (broad SMARTS) is 1. The molecule has 0 unspecified atom stereocenters. The lowest BCUT2D eigenvalue weighted by Gasteiger charge is -2.19. The van der Waals surface area contributed by atoms with Crippen LogP contribution in [-0.2, 0) is 16.8 Å². The van der Waals surface area contributed by atoms with E-state index >= 15 is 0 Å². The molecular weight excluding hydrogens is 180 g/mol. The molecule has 0 aliphatic rings. The topological polar surface area (TPSA) is 55.1 Å². The number of hydrogen-bond donors (Lipinski definition) is 1. The minimum Gasteiger partial charge on any atom is -0.481 e. The first-order chi connectivity index (χ1) is 6.41. The molecule has 0 aliphatic carbocycles. The summed E-state index contributed by atoms with van der Waals surface area (Å²) in [5.74, 6) is 0.150. The molecule has 14 heavy (non-hydrogen) atoms. The molecule has 0 radical (unpaired) electrons. The molecule has 0 atom stereocenters. The van der Waals surface area contributed by atoms with Crippen molar-refractivity contribution in [2.24, 2.45) is 0 Å². The first-order valence-electron chi connectivity index (χ1n) is 4.64. The zero-order chi connectivity index (χ0) is 10.8. The summed E-state index contributed by atoms with van der Waals surface area (Å²) in [5, 5.41) is 8.57. The molecule has 0 saturated carbocycles. The molecule has 0 saturated heterocycles. The highest BCUT2D eigenvalue weighted by Crippen LogP contribution is 2.20. The van der Waals surface area contributed by atoms with Crippen LogP contribution in [0.4, 0.5) is 0 Å². The van der Waals surface area contributed by atoms with Crippen molar-refractivity contribution < 1.29 is 9.90 Å². The normalized spacial score (nSPS) is 11.6. The van der Waals surface area contributed by atoms with Crippen LogP contribution in [0, 0.1) is 0 Å². The Morgan fingerprint density at radius 3 is 2.71 bits per heavy atom. The van der Waals surface area contributed by atoms with Gasteiger partial charge in [-0.1, -0.05) is 20.8 Å². The summed E-state index contributed by atoms with van der Waals surface area (Å²) in [6, 6.07) is 0. The molecule has 4 nitrogen and oxygen atoms in total. The van der Waals surface area contributed by atoms with E-state index in [1.807, 2.05) is 10.8 Å². The molecule has 1 N–H and O–H groups in total.